The first-order chi connectivity index (χ1) is 8.26. The predicted octanol–water partition coefficient (Wildman–Crippen LogP) is 2.10. The van der Waals surface area contributed by atoms with Crippen molar-refractivity contribution in [2.45, 2.75) is 0 Å². The number of hydrogen-bond donors (Lipinski definition) is 1. The largest absolute Gasteiger partial charge is 0.465 e. The summed E-state index contributed by atoms with van der Waals surface area (Å²) in [4.78, 5) is 11.3. The van der Waals surface area contributed by atoms with Crippen molar-refractivity contribution < 1.29 is 9.53 Å². The van der Waals surface area contributed by atoms with Crippen LogP contribution < -0.4 is 0 Å². The van der Waals surface area contributed by atoms with Crippen LogP contribution in [0.3, 0.4) is 0 Å². The van der Waals surface area contributed by atoms with E-state index in [1.807, 2.05) is 6.07 Å². The van der Waals surface area contributed by atoms with E-state index in [0.717, 1.165) is 11.1 Å². The van der Waals surface area contributed by atoms with E-state index in [-0.39, 0.29) is 5.97 Å². The van der Waals surface area contributed by atoms with Crippen molar-refractivity contribution in [2.75, 3.05) is 12.4 Å². The minimum atomic E-state index is -0.372. The number of aromatic amines is 1. The molecule has 0 saturated heterocycles. The van der Waals surface area contributed by atoms with E-state index in [4.69, 9.17) is 0 Å². The van der Waals surface area contributed by atoms with Gasteiger partial charge in [-0.05, 0) is 24.1 Å². The number of nitrogens with zero attached hydrogens (tertiary/aromatic N) is 1. The molecule has 17 heavy (non-hydrogen) atoms. The normalized spacial score (nSPS) is 9.76. The third-order valence-corrected chi connectivity index (χ3v) is 2.54. The maximum atomic E-state index is 11.3. The molecule has 86 valence electrons. The average molecular weight is 293 g/mol. The van der Waals surface area contributed by atoms with Gasteiger partial charge in [0.25, 0.3) is 0 Å². The molecule has 1 heterocycles. The van der Waals surface area contributed by atoms with Crippen molar-refractivity contribution >= 4 is 32.8 Å². The van der Waals surface area contributed by atoms with Gasteiger partial charge < -0.3 is 4.74 Å². The molecule has 0 amide bonds. The van der Waals surface area contributed by atoms with Crippen LogP contribution in [0.15, 0.2) is 18.2 Å². The molecule has 0 atom stereocenters. The molecule has 0 fully saturated rings. The molecular weight excluding hydrogens is 284 g/mol. The highest BCUT2D eigenvalue weighted by Crippen LogP contribution is 2.17. The van der Waals surface area contributed by atoms with Crippen LogP contribution in [0.2, 0.25) is 0 Å². The molecule has 0 bridgehead atoms. The van der Waals surface area contributed by atoms with Crippen LogP contribution in [0, 0.1) is 11.8 Å². The number of aromatic nitrogens is 2. The highest BCUT2D eigenvalue weighted by atomic mass is 79.9. The SMILES string of the molecule is COC(=O)c1ccc2c(C#CCBr)[nH]nc2c1. The van der Waals surface area contributed by atoms with E-state index in [2.05, 4.69) is 42.7 Å². The lowest BCUT2D eigenvalue weighted by Gasteiger charge is -1.97. The number of methoxy groups -OCH3 is 1. The van der Waals surface area contributed by atoms with E-state index in [1.165, 1.54) is 7.11 Å². The van der Waals surface area contributed by atoms with Crippen molar-refractivity contribution in [3.05, 3.63) is 29.5 Å². The van der Waals surface area contributed by atoms with Gasteiger partial charge in [0.15, 0.2) is 0 Å². The Morgan fingerprint density at radius 3 is 3.12 bits per heavy atom. The maximum absolute atomic E-state index is 11.3. The molecule has 0 radical (unpaired) electrons. The lowest BCUT2D eigenvalue weighted by molar-refractivity contribution is 0.0601. The Kier molecular flexibility index (Phi) is 3.45. The number of alkyl halides is 1. The molecule has 5 heteroatoms. The van der Waals surface area contributed by atoms with Gasteiger partial charge in [-0.25, -0.2) is 4.79 Å². The zero-order chi connectivity index (χ0) is 12.3. The van der Waals surface area contributed by atoms with Gasteiger partial charge in [0.05, 0.1) is 23.5 Å². The smallest absolute Gasteiger partial charge is 0.337 e. The number of H-pyrrole nitrogens is 1. The minimum absolute atomic E-state index is 0.372. The molecular formula is C12H9BrN2O2. The number of nitrogens with one attached hydrogen (secondary N) is 1. The van der Waals surface area contributed by atoms with Crippen LogP contribution in [0.25, 0.3) is 10.9 Å². The first-order valence-corrected chi connectivity index (χ1v) is 5.99. The lowest BCUT2D eigenvalue weighted by atomic mass is 10.1. The summed E-state index contributed by atoms with van der Waals surface area (Å²) in [6, 6.07) is 5.18. The zero-order valence-electron chi connectivity index (χ0n) is 9.08. The first-order valence-electron chi connectivity index (χ1n) is 4.87. The van der Waals surface area contributed by atoms with E-state index >= 15 is 0 Å². The molecule has 0 aliphatic rings. The standard InChI is InChI=1S/C12H9BrN2O2/c1-17-12(16)8-4-5-9-10(3-2-6-13)14-15-11(9)7-8/h4-5,7H,6H2,1H3,(H,14,15). The van der Waals surface area contributed by atoms with E-state index < -0.39 is 0 Å². The van der Waals surface area contributed by atoms with Crippen LogP contribution in [-0.2, 0) is 4.74 Å². The fourth-order valence-electron chi connectivity index (χ4n) is 1.47. The molecule has 0 spiro atoms. The average Bonchev–Trinajstić information content (AvgIpc) is 2.77. The van der Waals surface area contributed by atoms with Crippen LogP contribution >= 0.6 is 15.9 Å². The fourth-order valence-corrected chi connectivity index (χ4v) is 1.61. The summed E-state index contributed by atoms with van der Waals surface area (Å²) in [5.74, 6) is 5.47. The Morgan fingerprint density at radius 2 is 2.41 bits per heavy atom. The number of esters is 1. The Bertz CT molecular complexity index is 622. The predicted molar refractivity (Wildman–Crippen MR) is 68.1 cm³/mol. The highest BCUT2D eigenvalue weighted by Gasteiger charge is 2.09. The van der Waals surface area contributed by atoms with Gasteiger partial charge in [-0.2, -0.15) is 5.10 Å². The summed E-state index contributed by atoms with van der Waals surface area (Å²) in [6.45, 7) is 0. The molecule has 2 rings (SSSR count). The number of fused-ring (bicyclic) bond motifs is 1. The van der Waals surface area contributed by atoms with Crippen LogP contribution in [0.1, 0.15) is 16.1 Å². The second-order valence-corrected chi connectivity index (χ2v) is 3.82. The van der Waals surface area contributed by atoms with Gasteiger partial charge in [-0.3, -0.25) is 5.10 Å². The van der Waals surface area contributed by atoms with Crippen LogP contribution in [0.5, 0.6) is 0 Å². The van der Waals surface area contributed by atoms with Gasteiger partial charge in [0.2, 0.25) is 0 Å². The monoisotopic (exact) mass is 292 g/mol. The third kappa shape index (κ3) is 2.32. The molecule has 0 unspecified atom stereocenters. The third-order valence-electron chi connectivity index (χ3n) is 2.26. The fraction of sp³-hybridized carbons (Fsp3) is 0.167. The molecule has 1 aromatic heterocycles. The number of carbonyl (C=O) groups excluding carboxylic acids is 1. The summed E-state index contributed by atoms with van der Waals surface area (Å²) in [5.41, 5.74) is 1.93. The number of benzene rings is 1. The molecule has 0 aliphatic carbocycles. The number of carbonyl (C=O) groups is 1. The molecule has 1 aromatic carbocycles. The zero-order valence-corrected chi connectivity index (χ0v) is 10.7. The summed E-state index contributed by atoms with van der Waals surface area (Å²) >= 11 is 3.23. The number of ether oxygens (including phenoxy) is 1. The van der Waals surface area contributed by atoms with Gasteiger partial charge in [0.1, 0.15) is 5.69 Å². The lowest BCUT2D eigenvalue weighted by Crippen LogP contribution is -2.00. The van der Waals surface area contributed by atoms with E-state index in [0.29, 0.717) is 16.4 Å². The second-order valence-electron chi connectivity index (χ2n) is 3.26. The number of halogens is 1. The molecule has 1 N–H and O–H groups in total. The topological polar surface area (TPSA) is 55.0 Å². The number of hydrogen-bond acceptors (Lipinski definition) is 3. The Labute approximate surface area is 106 Å². The highest BCUT2D eigenvalue weighted by molar-refractivity contribution is 9.09. The first kappa shape index (κ1) is 11.7. The van der Waals surface area contributed by atoms with Gasteiger partial charge >= 0.3 is 5.97 Å². The van der Waals surface area contributed by atoms with Crippen molar-refractivity contribution in [1.29, 1.82) is 0 Å². The summed E-state index contributed by atoms with van der Waals surface area (Å²) in [7, 11) is 1.35. The molecule has 2 aromatic rings. The van der Waals surface area contributed by atoms with Crippen molar-refractivity contribution in [2.24, 2.45) is 0 Å². The van der Waals surface area contributed by atoms with Crippen molar-refractivity contribution in [1.82, 2.24) is 10.2 Å². The Morgan fingerprint density at radius 1 is 1.59 bits per heavy atom. The summed E-state index contributed by atoms with van der Waals surface area (Å²) < 4.78 is 4.65. The summed E-state index contributed by atoms with van der Waals surface area (Å²) in [6.07, 6.45) is 0. The van der Waals surface area contributed by atoms with Crippen molar-refractivity contribution in [3.8, 4) is 11.8 Å². The second kappa shape index (κ2) is 5.02. The van der Waals surface area contributed by atoms with Crippen molar-refractivity contribution in [3.63, 3.8) is 0 Å². The number of rotatable bonds is 1. The molecule has 0 aliphatic heterocycles. The van der Waals surface area contributed by atoms with E-state index in [9.17, 15) is 4.79 Å². The van der Waals surface area contributed by atoms with Gasteiger partial charge in [-0.15, -0.1) is 0 Å². The van der Waals surface area contributed by atoms with Gasteiger partial charge in [0, 0.05) is 5.39 Å². The van der Waals surface area contributed by atoms with E-state index in [1.54, 1.807) is 12.1 Å². The van der Waals surface area contributed by atoms with Crippen LogP contribution in [-0.4, -0.2) is 28.6 Å². The Hall–Kier alpha value is -1.80. The van der Waals surface area contributed by atoms with Crippen LogP contribution in [0.4, 0.5) is 0 Å². The molecule has 0 saturated carbocycles. The van der Waals surface area contributed by atoms with Gasteiger partial charge in [-0.1, -0.05) is 21.9 Å². The minimum Gasteiger partial charge on any atom is -0.465 e. The molecule has 4 nitrogen and oxygen atoms in total. The maximum Gasteiger partial charge on any atom is 0.337 e. The summed E-state index contributed by atoms with van der Waals surface area (Å²) in [5, 5.41) is 8.43. The Balaban J connectivity index is 2.48. The quantitative estimate of drug-likeness (QED) is 0.497.